The molecule has 1 unspecified atom stereocenters. The average Bonchev–Trinajstić information content (AvgIpc) is 2.78. The van der Waals surface area contributed by atoms with Crippen molar-refractivity contribution in [1.29, 1.82) is 0 Å². The first kappa shape index (κ1) is 11.4. The molecular formula is C12H14N2O3. The molecule has 1 atom stereocenters. The van der Waals surface area contributed by atoms with Crippen molar-refractivity contribution in [3.8, 4) is 0 Å². The van der Waals surface area contributed by atoms with Gasteiger partial charge in [-0.25, -0.2) is 4.79 Å². The third kappa shape index (κ3) is 2.55. The Morgan fingerprint density at radius 1 is 1.65 bits per heavy atom. The van der Waals surface area contributed by atoms with E-state index in [4.69, 9.17) is 15.3 Å². The summed E-state index contributed by atoms with van der Waals surface area (Å²) >= 11 is 0. The first-order valence-corrected chi connectivity index (χ1v) is 5.46. The summed E-state index contributed by atoms with van der Waals surface area (Å²) in [5, 5.41) is 3.89. The summed E-state index contributed by atoms with van der Waals surface area (Å²) in [6, 6.07) is 7.31. The molecule has 1 aliphatic heterocycles. The molecular weight excluding hydrogens is 220 g/mol. The Morgan fingerprint density at radius 3 is 3.18 bits per heavy atom. The topological polar surface area (TPSA) is 73.9 Å². The third-order valence-electron chi connectivity index (χ3n) is 2.44. The molecule has 5 nitrogen and oxygen atoms in total. The largest absolute Gasteiger partial charge is 0.463 e. The van der Waals surface area contributed by atoms with Gasteiger partial charge in [0.25, 0.3) is 0 Å². The van der Waals surface area contributed by atoms with Crippen LogP contribution < -0.4 is 5.73 Å². The van der Waals surface area contributed by atoms with Gasteiger partial charge in [0.2, 0.25) is 6.10 Å². The van der Waals surface area contributed by atoms with Gasteiger partial charge in [-0.15, -0.1) is 0 Å². The van der Waals surface area contributed by atoms with E-state index >= 15 is 0 Å². The molecule has 0 radical (unpaired) electrons. The van der Waals surface area contributed by atoms with Crippen LogP contribution in [0.5, 0.6) is 0 Å². The van der Waals surface area contributed by atoms with Crippen molar-refractivity contribution in [2.24, 2.45) is 5.16 Å². The van der Waals surface area contributed by atoms with Crippen molar-refractivity contribution in [3.05, 3.63) is 29.8 Å². The summed E-state index contributed by atoms with van der Waals surface area (Å²) in [6.45, 7) is 2.10. The zero-order chi connectivity index (χ0) is 12.3. The van der Waals surface area contributed by atoms with E-state index < -0.39 is 6.10 Å². The SMILES string of the molecule is CCOC(=O)C1CC(c2cccc(N)c2)=NO1. The molecule has 0 fully saturated rings. The molecule has 0 saturated carbocycles. The molecule has 0 spiro atoms. The Morgan fingerprint density at radius 2 is 2.47 bits per heavy atom. The van der Waals surface area contributed by atoms with Crippen LogP contribution in [0.1, 0.15) is 18.9 Å². The van der Waals surface area contributed by atoms with Crippen molar-refractivity contribution < 1.29 is 14.4 Å². The number of rotatable bonds is 3. The maximum Gasteiger partial charge on any atom is 0.350 e. The Balaban J connectivity index is 2.05. The van der Waals surface area contributed by atoms with Crippen LogP contribution in [0.3, 0.4) is 0 Å². The molecule has 17 heavy (non-hydrogen) atoms. The van der Waals surface area contributed by atoms with E-state index in [0.717, 1.165) is 11.3 Å². The first-order valence-electron chi connectivity index (χ1n) is 5.46. The fraction of sp³-hybridized carbons (Fsp3) is 0.333. The van der Waals surface area contributed by atoms with Crippen LogP contribution in [0, 0.1) is 0 Å². The van der Waals surface area contributed by atoms with E-state index in [1.165, 1.54) is 0 Å². The number of nitrogen functional groups attached to an aromatic ring is 1. The van der Waals surface area contributed by atoms with E-state index in [-0.39, 0.29) is 5.97 Å². The van der Waals surface area contributed by atoms with Gasteiger partial charge >= 0.3 is 5.97 Å². The molecule has 90 valence electrons. The van der Waals surface area contributed by atoms with Gasteiger partial charge in [0.1, 0.15) is 0 Å². The van der Waals surface area contributed by atoms with Crippen molar-refractivity contribution in [2.45, 2.75) is 19.4 Å². The number of oxime groups is 1. The van der Waals surface area contributed by atoms with Gasteiger partial charge in [0, 0.05) is 17.7 Å². The van der Waals surface area contributed by atoms with Gasteiger partial charge in [-0.2, -0.15) is 0 Å². The maximum atomic E-state index is 11.4. The van der Waals surface area contributed by atoms with Crippen LogP contribution >= 0.6 is 0 Å². The lowest BCUT2D eigenvalue weighted by Crippen LogP contribution is -2.23. The van der Waals surface area contributed by atoms with Crippen LogP contribution in [-0.2, 0) is 14.4 Å². The van der Waals surface area contributed by atoms with Crippen LogP contribution in [0.4, 0.5) is 5.69 Å². The molecule has 5 heteroatoms. The predicted molar refractivity (Wildman–Crippen MR) is 63.5 cm³/mol. The van der Waals surface area contributed by atoms with E-state index in [9.17, 15) is 4.79 Å². The van der Waals surface area contributed by atoms with Gasteiger partial charge in [-0.1, -0.05) is 17.3 Å². The molecule has 0 bridgehead atoms. The molecule has 0 aliphatic carbocycles. The summed E-state index contributed by atoms with van der Waals surface area (Å²) in [4.78, 5) is 16.5. The average molecular weight is 234 g/mol. The smallest absolute Gasteiger partial charge is 0.350 e. The maximum absolute atomic E-state index is 11.4. The van der Waals surface area contributed by atoms with Gasteiger partial charge in [-0.3, -0.25) is 0 Å². The molecule has 2 rings (SSSR count). The minimum absolute atomic E-state index is 0.340. The lowest BCUT2D eigenvalue weighted by atomic mass is 10.0. The number of hydrogen-bond acceptors (Lipinski definition) is 5. The second kappa shape index (κ2) is 4.86. The number of nitrogens with zero attached hydrogens (tertiary/aromatic N) is 1. The van der Waals surface area contributed by atoms with Crippen molar-refractivity contribution in [2.75, 3.05) is 12.3 Å². The van der Waals surface area contributed by atoms with Gasteiger partial charge < -0.3 is 15.3 Å². The monoisotopic (exact) mass is 234 g/mol. The zero-order valence-corrected chi connectivity index (χ0v) is 9.55. The molecule has 1 aromatic carbocycles. The fourth-order valence-corrected chi connectivity index (χ4v) is 1.63. The number of benzene rings is 1. The third-order valence-corrected chi connectivity index (χ3v) is 2.44. The Kier molecular flexibility index (Phi) is 3.27. The highest BCUT2D eigenvalue weighted by Crippen LogP contribution is 2.19. The summed E-state index contributed by atoms with van der Waals surface area (Å²) in [5.74, 6) is -0.379. The van der Waals surface area contributed by atoms with Crippen molar-refractivity contribution in [1.82, 2.24) is 0 Å². The number of nitrogens with two attached hydrogens (primary N) is 1. The number of carbonyl (C=O) groups excluding carboxylic acids is 1. The second-order valence-electron chi connectivity index (χ2n) is 3.71. The quantitative estimate of drug-likeness (QED) is 0.632. The lowest BCUT2D eigenvalue weighted by Gasteiger charge is -2.06. The number of esters is 1. The van der Waals surface area contributed by atoms with E-state index in [1.807, 2.05) is 12.1 Å². The Bertz CT molecular complexity index is 457. The Hall–Kier alpha value is -2.04. The van der Waals surface area contributed by atoms with E-state index in [2.05, 4.69) is 5.16 Å². The van der Waals surface area contributed by atoms with Crippen LogP contribution in [-0.4, -0.2) is 24.4 Å². The summed E-state index contributed by atoms with van der Waals surface area (Å²) in [5.41, 5.74) is 7.93. The van der Waals surface area contributed by atoms with Crippen LogP contribution in [0.15, 0.2) is 29.4 Å². The highest BCUT2D eigenvalue weighted by molar-refractivity contribution is 6.04. The van der Waals surface area contributed by atoms with Gasteiger partial charge in [-0.05, 0) is 19.1 Å². The molecule has 0 amide bonds. The van der Waals surface area contributed by atoms with Crippen LogP contribution in [0.2, 0.25) is 0 Å². The molecule has 2 N–H and O–H groups in total. The van der Waals surface area contributed by atoms with Gasteiger partial charge in [0.15, 0.2) is 0 Å². The zero-order valence-electron chi connectivity index (χ0n) is 9.55. The normalized spacial score (nSPS) is 18.4. The number of hydrogen-bond donors (Lipinski definition) is 1. The fourth-order valence-electron chi connectivity index (χ4n) is 1.63. The molecule has 0 saturated heterocycles. The molecule has 0 aromatic heterocycles. The highest BCUT2D eigenvalue weighted by Gasteiger charge is 2.29. The summed E-state index contributed by atoms with van der Waals surface area (Å²) < 4.78 is 4.87. The number of ether oxygens (including phenoxy) is 1. The minimum Gasteiger partial charge on any atom is -0.463 e. The van der Waals surface area contributed by atoms with Crippen molar-refractivity contribution in [3.63, 3.8) is 0 Å². The first-order chi connectivity index (χ1) is 8.20. The molecule has 1 aromatic rings. The summed E-state index contributed by atoms with van der Waals surface area (Å²) in [7, 11) is 0. The van der Waals surface area contributed by atoms with Crippen LogP contribution in [0.25, 0.3) is 0 Å². The second-order valence-corrected chi connectivity index (χ2v) is 3.71. The highest BCUT2D eigenvalue weighted by atomic mass is 16.7. The van der Waals surface area contributed by atoms with Crippen molar-refractivity contribution >= 4 is 17.4 Å². The standard InChI is InChI=1S/C12H14N2O3/c1-2-16-12(15)11-7-10(14-17-11)8-4-3-5-9(13)6-8/h3-6,11H,2,7,13H2,1H3. The number of anilines is 1. The molecule has 1 heterocycles. The predicted octanol–water partition coefficient (Wildman–Crippen LogP) is 1.32. The molecule has 1 aliphatic rings. The minimum atomic E-state index is -0.633. The summed E-state index contributed by atoms with van der Waals surface area (Å²) in [6.07, 6.45) is -0.214. The lowest BCUT2D eigenvalue weighted by molar-refractivity contribution is -0.154. The van der Waals surface area contributed by atoms with E-state index in [1.54, 1.807) is 19.1 Å². The number of carbonyl (C=O) groups is 1. The van der Waals surface area contributed by atoms with E-state index in [0.29, 0.717) is 18.7 Å². The Labute approximate surface area is 99.2 Å². The van der Waals surface area contributed by atoms with Gasteiger partial charge in [0.05, 0.1) is 12.3 Å².